The van der Waals surface area contributed by atoms with E-state index in [4.69, 9.17) is 0 Å². The van der Waals surface area contributed by atoms with Gasteiger partial charge in [-0.2, -0.15) is 8.78 Å². The number of nitrogens with zero attached hydrogens (tertiary/aromatic N) is 3. The van der Waals surface area contributed by atoms with E-state index >= 15 is 4.39 Å². The molecule has 9 heteroatoms. The fourth-order valence-corrected chi connectivity index (χ4v) is 4.79. The molecule has 0 saturated carbocycles. The van der Waals surface area contributed by atoms with Gasteiger partial charge in [-0.1, -0.05) is 19.1 Å². The molecule has 0 radical (unpaired) electrons. The lowest BCUT2D eigenvalue weighted by molar-refractivity contribution is -0.170. The number of anilines is 2. The van der Waals surface area contributed by atoms with E-state index in [0.717, 1.165) is 31.2 Å². The zero-order chi connectivity index (χ0) is 26.8. The third kappa shape index (κ3) is 3.80. The molecule has 1 aliphatic rings. The first-order valence-corrected chi connectivity index (χ1v) is 11.9. The van der Waals surface area contributed by atoms with Crippen LogP contribution in [0.3, 0.4) is 0 Å². The predicted octanol–water partition coefficient (Wildman–Crippen LogP) is 5.76. The lowest BCUT2D eigenvalue weighted by Crippen LogP contribution is -2.41. The van der Waals surface area contributed by atoms with Crippen LogP contribution in [-0.4, -0.2) is 33.6 Å². The van der Waals surface area contributed by atoms with Gasteiger partial charge in [0.15, 0.2) is 0 Å². The van der Waals surface area contributed by atoms with Crippen LogP contribution in [0.25, 0.3) is 10.9 Å². The summed E-state index contributed by atoms with van der Waals surface area (Å²) in [6.07, 6.45) is 0.605. The second-order valence-electron chi connectivity index (χ2n) is 10.3. The molecule has 1 aliphatic heterocycles. The summed E-state index contributed by atoms with van der Waals surface area (Å²) in [6.45, 7) is 9.12. The molecule has 4 rings (SSSR count). The van der Waals surface area contributed by atoms with E-state index in [1.165, 1.54) is 12.1 Å². The van der Waals surface area contributed by atoms with Crippen LogP contribution in [0.4, 0.5) is 24.7 Å². The summed E-state index contributed by atoms with van der Waals surface area (Å²) in [4.78, 5) is 23.7. The van der Waals surface area contributed by atoms with Gasteiger partial charge in [-0.05, 0) is 64.8 Å². The second kappa shape index (κ2) is 8.44. The Labute approximate surface area is 208 Å². The molecule has 0 unspecified atom stereocenters. The number of benzene rings is 2. The van der Waals surface area contributed by atoms with Gasteiger partial charge in [-0.25, -0.2) is 14.4 Å². The lowest BCUT2D eigenvalue weighted by atomic mass is 9.81. The first kappa shape index (κ1) is 25.9. The molecule has 0 fully saturated rings. The van der Waals surface area contributed by atoms with Crippen molar-refractivity contribution in [3.63, 3.8) is 0 Å². The number of amides is 1. The van der Waals surface area contributed by atoms with Crippen molar-refractivity contribution in [3.05, 3.63) is 58.7 Å². The van der Waals surface area contributed by atoms with Gasteiger partial charge in [-0.15, -0.1) is 0 Å². The highest BCUT2D eigenvalue weighted by Crippen LogP contribution is 2.46. The van der Waals surface area contributed by atoms with Crippen LogP contribution in [-0.2, 0) is 16.1 Å². The summed E-state index contributed by atoms with van der Waals surface area (Å²) >= 11 is 0. The Morgan fingerprint density at radius 2 is 1.89 bits per heavy atom. The Kier molecular flexibility index (Phi) is 6.06. The third-order valence-electron chi connectivity index (χ3n) is 7.32. The molecule has 2 heterocycles. The smallest absolute Gasteiger partial charge is 0.303 e. The average Bonchev–Trinajstić information content (AvgIpc) is 2.98. The van der Waals surface area contributed by atoms with Gasteiger partial charge in [0.1, 0.15) is 23.1 Å². The maximum absolute atomic E-state index is 15.4. The van der Waals surface area contributed by atoms with E-state index in [0.29, 0.717) is 29.0 Å². The number of aromatic nitrogens is 2. The minimum absolute atomic E-state index is 0.00511. The maximum atomic E-state index is 15.4. The van der Waals surface area contributed by atoms with E-state index in [9.17, 15) is 18.7 Å². The van der Waals surface area contributed by atoms with Gasteiger partial charge in [0.25, 0.3) is 0 Å². The number of likely N-dealkylation sites (N-methyl/N-ethyl adjacent to an activating group) is 1. The Morgan fingerprint density at radius 1 is 1.22 bits per heavy atom. The monoisotopic (exact) mass is 500 g/mol. The zero-order valence-electron chi connectivity index (χ0n) is 21.5. The molecular weight excluding hydrogens is 469 g/mol. The van der Waals surface area contributed by atoms with Crippen LogP contribution in [0.1, 0.15) is 69.6 Å². The van der Waals surface area contributed by atoms with Crippen LogP contribution in [0.15, 0.2) is 30.3 Å². The fraction of sp³-hybridized carbons (Fsp3) is 0.444. The first-order chi connectivity index (χ1) is 16.6. The number of carbonyl (C=O) groups excluding carboxylic acids is 1. The van der Waals surface area contributed by atoms with E-state index in [1.807, 2.05) is 26.0 Å². The molecule has 1 amide bonds. The predicted molar refractivity (Wildman–Crippen MR) is 134 cm³/mol. The van der Waals surface area contributed by atoms with Crippen LogP contribution < -0.4 is 10.2 Å². The number of carbonyl (C=O) groups is 1. The number of hydrogen-bond acceptors (Lipinski definition) is 5. The summed E-state index contributed by atoms with van der Waals surface area (Å²) in [5.74, 6) is -4.02. The van der Waals surface area contributed by atoms with Crippen LogP contribution in [0.2, 0.25) is 0 Å². The topological polar surface area (TPSA) is 78.4 Å². The van der Waals surface area contributed by atoms with Gasteiger partial charge in [0.05, 0.1) is 22.5 Å². The molecule has 6 nitrogen and oxygen atoms in total. The molecule has 2 N–H and O–H groups in total. The van der Waals surface area contributed by atoms with E-state index < -0.39 is 34.4 Å². The molecule has 192 valence electrons. The number of fused-ring (bicyclic) bond motifs is 2. The highest BCUT2D eigenvalue weighted by molar-refractivity contribution is 6.10. The quantitative estimate of drug-likeness (QED) is 0.450. The molecule has 36 heavy (non-hydrogen) atoms. The van der Waals surface area contributed by atoms with Crippen molar-refractivity contribution in [2.45, 2.75) is 70.9 Å². The van der Waals surface area contributed by atoms with Crippen molar-refractivity contribution in [2.24, 2.45) is 0 Å². The van der Waals surface area contributed by atoms with Crippen molar-refractivity contribution in [1.29, 1.82) is 0 Å². The second-order valence-corrected chi connectivity index (χ2v) is 10.3. The summed E-state index contributed by atoms with van der Waals surface area (Å²) < 4.78 is 44.9. The summed E-state index contributed by atoms with van der Waals surface area (Å²) in [5.41, 5.74) is -1.76. The van der Waals surface area contributed by atoms with Crippen molar-refractivity contribution < 1.29 is 23.1 Å². The van der Waals surface area contributed by atoms with E-state index in [2.05, 4.69) is 15.3 Å². The molecule has 3 aromatic rings. The van der Waals surface area contributed by atoms with E-state index in [1.54, 1.807) is 25.8 Å². The fourth-order valence-electron chi connectivity index (χ4n) is 4.79. The van der Waals surface area contributed by atoms with Gasteiger partial charge < -0.3 is 15.3 Å². The number of aliphatic hydroxyl groups is 1. The lowest BCUT2D eigenvalue weighted by Gasteiger charge is -2.30. The standard InChI is InChI=1S/C27H31F3N4O2/c1-8-26(6)19-12-17-20(13-21(19)34(7)24(26)35)32-15(3)33-23(17)31-14(2)16-10-9-11-18(22(16)28)27(29,30)25(4,5)36/h9-14,36H,8H2,1-7H3,(H,31,32,33)/t14-,26+/m1/s1. The number of nitrogens with one attached hydrogen (secondary N) is 1. The molecular formula is C27H31F3N4O2. The van der Waals surface area contributed by atoms with Crippen LogP contribution in [0, 0.1) is 12.7 Å². The normalized spacial score (nSPS) is 19.1. The molecule has 0 aliphatic carbocycles. The number of hydrogen-bond donors (Lipinski definition) is 2. The highest BCUT2D eigenvalue weighted by atomic mass is 19.3. The van der Waals surface area contributed by atoms with Gasteiger partial charge >= 0.3 is 5.92 Å². The number of aryl methyl sites for hydroxylation is 1. The number of halogens is 3. The van der Waals surface area contributed by atoms with Crippen molar-refractivity contribution in [2.75, 3.05) is 17.3 Å². The van der Waals surface area contributed by atoms with Gasteiger partial charge in [-0.3, -0.25) is 4.79 Å². The average molecular weight is 501 g/mol. The van der Waals surface area contributed by atoms with Gasteiger partial charge in [0, 0.05) is 23.7 Å². The SMILES string of the molecule is CC[C@]1(C)C(=O)N(C)c2cc3nc(C)nc(N[C@H](C)c4cccc(C(F)(F)C(C)(C)O)c4F)c3cc21. The van der Waals surface area contributed by atoms with E-state index in [-0.39, 0.29) is 11.5 Å². The Morgan fingerprint density at radius 3 is 2.50 bits per heavy atom. The Bertz CT molecular complexity index is 1370. The Balaban J connectivity index is 1.81. The number of alkyl halides is 2. The molecule has 0 spiro atoms. The number of rotatable bonds is 6. The summed E-state index contributed by atoms with van der Waals surface area (Å²) in [7, 11) is 1.74. The summed E-state index contributed by atoms with van der Waals surface area (Å²) in [5, 5.41) is 13.7. The molecule has 1 aromatic heterocycles. The Hall–Kier alpha value is -3.20. The van der Waals surface area contributed by atoms with Crippen LogP contribution in [0.5, 0.6) is 0 Å². The molecule has 0 bridgehead atoms. The molecule has 2 aromatic carbocycles. The minimum Gasteiger partial charge on any atom is -0.384 e. The first-order valence-electron chi connectivity index (χ1n) is 11.9. The largest absolute Gasteiger partial charge is 0.384 e. The summed E-state index contributed by atoms with van der Waals surface area (Å²) in [6, 6.07) is 6.74. The highest BCUT2D eigenvalue weighted by Gasteiger charge is 2.49. The maximum Gasteiger partial charge on any atom is 0.303 e. The van der Waals surface area contributed by atoms with Crippen LogP contribution >= 0.6 is 0 Å². The van der Waals surface area contributed by atoms with Gasteiger partial charge in [0.2, 0.25) is 5.91 Å². The minimum atomic E-state index is -3.80. The molecule has 0 saturated heterocycles. The zero-order valence-corrected chi connectivity index (χ0v) is 21.5. The third-order valence-corrected chi connectivity index (χ3v) is 7.32. The van der Waals surface area contributed by atoms with Crippen molar-refractivity contribution >= 4 is 28.3 Å². The van der Waals surface area contributed by atoms with Crippen molar-refractivity contribution in [1.82, 2.24) is 9.97 Å². The van der Waals surface area contributed by atoms with Crippen molar-refractivity contribution in [3.8, 4) is 0 Å². The molecule has 2 atom stereocenters.